The van der Waals surface area contributed by atoms with Crippen LogP contribution in [0.3, 0.4) is 0 Å². The quantitative estimate of drug-likeness (QED) is 0.717. The second-order valence-electron chi connectivity index (χ2n) is 4.95. The van der Waals surface area contributed by atoms with E-state index in [2.05, 4.69) is 15.7 Å². The molecule has 0 bridgehead atoms. The van der Waals surface area contributed by atoms with Gasteiger partial charge >= 0.3 is 0 Å². The fraction of sp³-hybridized carbons (Fsp3) is 0.375. The number of ether oxygens (including phenoxy) is 1. The topological polar surface area (TPSA) is 68.2 Å². The summed E-state index contributed by atoms with van der Waals surface area (Å²) in [4.78, 5) is 12.0. The van der Waals surface area contributed by atoms with Crippen molar-refractivity contribution in [3.05, 3.63) is 47.8 Å². The summed E-state index contributed by atoms with van der Waals surface area (Å²) >= 11 is 0. The van der Waals surface area contributed by atoms with Crippen molar-refractivity contribution in [3.8, 4) is 5.69 Å². The third-order valence-corrected chi connectivity index (χ3v) is 3.19. The summed E-state index contributed by atoms with van der Waals surface area (Å²) in [5.74, 6) is -0.0725. The van der Waals surface area contributed by atoms with Crippen molar-refractivity contribution in [1.29, 1.82) is 0 Å². The molecule has 0 aliphatic rings. The van der Waals surface area contributed by atoms with E-state index in [9.17, 15) is 4.79 Å². The van der Waals surface area contributed by atoms with Crippen LogP contribution in [0.2, 0.25) is 0 Å². The molecule has 0 saturated carbocycles. The third-order valence-electron chi connectivity index (χ3n) is 3.19. The number of carbonyl (C=O) groups is 1. The monoisotopic (exact) mass is 338 g/mol. The standard InChI is InChI=1S/C16H22N4O2.ClH/c1-13-7-11-20(19-13)15-5-3-14(4-6-15)16(21)18-9-8-17-10-12-22-2;/h3-7,11,17H,8-10,12H2,1-2H3,(H,18,21);1H. The molecule has 7 heteroatoms. The first kappa shape index (κ1) is 19.2. The molecule has 0 saturated heterocycles. The van der Waals surface area contributed by atoms with Gasteiger partial charge < -0.3 is 15.4 Å². The summed E-state index contributed by atoms with van der Waals surface area (Å²) in [5, 5.41) is 10.4. The first-order valence-electron chi connectivity index (χ1n) is 7.31. The Balaban J connectivity index is 0.00000264. The van der Waals surface area contributed by atoms with E-state index in [4.69, 9.17) is 4.74 Å². The Morgan fingerprint density at radius 3 is 2.52 bits per heavy atom. The van der Waals surface area contributed by atoms with Crippen LogP contribution in [0.5, 0.6) is 0 Å². The molecule has 1 amide bonds. The summed E-state index contributed by atoms with van der Waals surface area (Å²) in [6, 6.07) is 9.33. The van der Waals surface area contributed by atoms with Crippen LogP contribution in [0, 0.1) is 6.92 Å². The van der Waals surface area contributed by atoms with E-state index in [-0.39, 0.29) is 18.3 Å². The van der Waals surface area contributed by atoms with Crippen LogP contribution < -0.4 is 10.6 Å². The fourth-order valence-electron chi connectivity index (χ4n) is 1.99. The Kier molecular flexibility index (Phi) is 8.32. The molecule has 0 aliphatic heterocycles. The Morgan fingerprint density at radius 1 is 1.17 bits per heavy atom. The number of nitrogens with zero attached hydrogens (tertiary/aromatic N) is 2. The summed E-state index contributed by atoms with van der Waals surface area (Å²) in [6.07, 6.45) is 1.90. The molecule has 6 nitrogen and oxygen atoms in total. The zero-order chi connectivity index (χ0) is 15.8. The van der Waals surface area contributed by atoms with Gasteiger partial charge in [0.25, 0.3) is 5.91 Å². The van der Waals surface area contributed by atoms with Crippen molar-refractivity contribution in [2.24, 2.45) is 0 Å². The number of hydrogen-bond acceptors (Lipinski definition) is 4. The zero-order valence-corrected chi connectivity index (χ0v) is 14.2. The van der Waals surface area contributed by atoms with Gasteiger partial charge in [-0.2, -0.15) is 5.10 Å². The zero-order valence-electron chi connectivity index (χ0n) is 13.4. The first-order valence-corrected chi connectivity index (χ1v) is 7.31. The summed E-state index contributed by atoms with van der Waals surface area (Å²) in [7, 11) is 1.66. The van der Waals surface area contributed by atoms with Gasteiger partial charge in [0.05, 0.1) is 18.0 Å². The lowest BCUT2D eigenvalue weighted by Crippen LogP contribution is -2.33. The van der Waals surface area contributed by atoms with Crippen LogP contribution >= 0.6 is 12.4 Å². The Morgan fingerprint density at radius 2 is 1.91 bits per heavy atom. The molecule has 23 heavy (non-hydrogen) atoms. The summed E-state index contributed by atoms with van der Waals surface area (Å²) < 4.78 is 6.72. The molecular weight excluding hydrogens is 316 g/mol. The van der Waals surface area contributed by atoms with Gasteiger partial charge in [-0.15, -0.1) is 12.4 Å². The van der Waals surface area contributed by atoms with E-state index in [1.54, 1.807) is 23.9 Å². The smallest absolute Gasteiger partial charge is 0.251 e. The van der Waals surface area contributed by atoms with Gasteiger partial charge in [-0.25, -0.2) is 4.68 Å². The third kappa shape index (κ3) is 6.02. The fourth-order valence-corrected chi connectivity index (χ4v) is 1.99. The highest BCUT2D eigenvalue weighted by Crippen LogP contribution is 2.09. The molecule has 0 radical (unpaired) electrons. The van der Waals surface area contributed by atoms with E-state index in [1.165, 1.54) is 0 Å². The number of amides is 1. The van der Waals surface area contributed by atoms with Crippen LogP contribution in [0.25, 0.3) is 5.69 Å². The van der Waals surface area contributed by atoms with Gasteiger partial charge in [0.1, 0.15) is 0 Å². The molecule has 0 fully saturated rings. The van der Waals surface area contributed by atoms with Crippen molar-refractivity contribution in [3.63, 3.8) is 0 Å². The SMILES string of the molecule is COCCNCCNC(=O)c1ccc(-n2ccc(C)n2)cc1.Cl. The average Bonchev–Trinajstić information content (AvgIpc) is 2.97. The predicted octanol–water partition coefficient (Wildman–Crippen LogP) is 1.57. The van der Waals surface area contributed by atoms with Crippen molar-refractivity contribution in [1.82, 2.24) is 20.4 Å². The van der Waals surface area contributed by atoms with Crippen molar-refractivity contribution >= 4 is 18.3 Å². The number of benzene rings is 1. The minimum absolute atomic E-state index is 0. The van der Waals surface area contributed by atoms with Crippen LogP contribution in [0.15, 0.2) is 36.5 Å². The number of halogens is 1. The maximum atomic E-state index is 12.0. The number of carbonyl (C=O) groups excluding carboxylic acids is 1. The predicted molar refractivity (Wildman–Crippen MR) is 92.6 cm³/mol. The first-order chi connectivity index (χ1) is 10.7. The van der Waals surface area contributed by atoms with Gasteiger partial charge in [0.2, 0.25) is 0 Å². The maximum Gasteiger partial charge on any atom is 0.251 e. The van der Waals surface area contributed by atoms with Crippen molar-refractivity contribution in [2.45, 2.75) is 6.92 Å². The van der Waals surface area contributed by atoms with E-state index < -0.39 is 0 Å². The molecule has 0 atom stereocenters. The molecule has 1 heterocycles. The summed E-state index contributed by atoms with van der Waals surface area (Å²) in [6.45, 7) is 4.70. The Bertz CT molecular complexity index is 598. The van der Waals surface area contributed by atoms with Gasteiger partial charge in [0.15, 0.2) is 0 Å². The Hall–Kier alpha value is -1.89. The lowest BCUT2D eigenvalue weighted by atomic mass is 10.2. The number of nitrogens with one attached hydrogen (secondary N) is 2. The number of aryl methyl sites for hydroxylation is 1. The Labute approximate surface area is 142 Å². The van der Waals surface area contributed by atoms with Crippen LogP contribution in [0.4, 0.5) is 0 Å². The average molecular weight is 339 g/mol. The highest BCUT2D eigenvalue weighted by molar-refractivity contribution is 5.94. The lowest BCUT2D eigenvalue weighted by molar-refractivity contribution is 0.0953. The maximum absolute atomic E-state index is 12.0. The molecule has 2 aromatic rings. The second-order valence-corrected chi connectivity index (χ2v) is 4.95. The second kappa shape index (κ2) is 9.99. The molecule has 1 aromatic heterocycles. The highest BCUT2D eigenvalue weighted by Gasteiger charge is 2.05. The van der Waals surface area contributed by atoms with E-state index in [0.29, 0.717) is 18.7 Å². The van der Waals surface area contributed by atoms with Gasteiger partial charge in [0, 0.05) is 38.5 Å². The van der Waals surface area contributed by atoms with Gasteiger partial charge in [-0.3, -0.25) is 4.79 Å². The molecule has 0 unspecified atom stereocenters. The van der Waals surface area contributed by atoms with E-state index in [1.807, 2.05) is 31.3 Å². The molecule has 2 N–H and O–H groups in total. The number of rotatable bonds is 8. The van der Waals surface area contributed by atoms with E-state index in [0.717, 1.165) is 24.5 Å². The van der Waals surface area contributed by atoms with E-state index >= 15 is 0 Å². The number of methoxy groups -OCH3 is 1. The molecule has 1 aromatic carbocycles. The van der Waals surface area contributed by atoms with Gasteiger partial charge in [-0.05, 0) is 37.3 Å². The highest BCUT2D eigenvalue weighted by atomic mass is 35.5. The van der Waals surface area contributed by atoms with Crippen LogP contribution in [0.1, 0.15) is 16.1 Å². The van der Waals surface area contributed by atoms with Crippen LogP contribution in [-0.4, -0.2) is 49.0 Å². The molecule has 0 aliphatic carbocycles. The number of hydrogen-bond donors (Lipinski definition) is 2. The molecule has 0 spiro atoms. The molecule has 2 rings (SSSR count). The van der Waals surface area contributed by atoms with Crippen molar-refractivity contribution < 1.29 is 9.53 Å². The normalized spacial score (nSPS) is 10.2. The largest absolute Gasteiger partial charge is 0.383 e. The summed E-state index contributed by atoms with van der Waals surface area (Å²) in [5.41, 5.74) is 2.54. The van der Waals surface area contributed by atoms with Gasteiger partial charge in [-0.1, -0.05) is 0 Å². The van der Waals surface area contributed by atoms with Crippen LogP contribution in [-0.2, 0) is 4.74 Å². The minimum Gasteiger partial charge on any atom is -0.383 e. The molecule has 126 valence electrons. The number of aromatic nitrogens is 2. The minimum atomic E-state index is -0.0725. The molecular formula is C16H23ClN4O2. The lowest BCUT2D eigenvalue weighted by Gasteiger charge is -2.07. The van der Waals surface area contributed by atoms with Crippen molar-refractivity contribution in [2.75, 3.05) is 33.4 Å².